The zero-order valence-electron chi connectivity index (χ0n) is 14.4. The third kappa shape index (κ3) is 5.23. The van der Waals surface area contributed by atoms with Gasteiger partial charge in [0.2, 0.25) is 5.91 Å². The van der Waals surface area contributed by atoms with E-state index in [1.165, 1.54) is 12.8 Å². The Morgan fingerprint density at radius 3 is 2.83 bits per heavy atom. The summed E-state index contributed by atoms with van der Waals surface area (Å²) in [7, 11) is 3.48. The summed E-state index contributed by atoms with van der Waals surface area (Å²) in [5.41, 5.74) is 0.0684. The number of nitrogens with zero attached hydrogens (tertiary/aromatic N) is 2. The minimum Gasteiger partial charge on any atom is -0.375 e. The summed E-state index contributed by atoms with van der Waals surface area (Å²) >= 11 is 0. The molecule has 1 unspecified atom stereocenters. The minimum absolute atomic E-state index is 0.0102. The predicted molar refractivity (Wildman–Crippen MR) is 92.5 cm³/mol. The van der Waals surface area contributed by atoms with Gasteiger partial charge in [-0.25, -0.2) is 4.99 Å². The van der Waals surface area contributed by atoms with Crippen molar-refractivity contribution in [3.63, 3.8) is 0 Å². The van der Waals surface area contributed by atoms with Crippen LogP contribution in [0.5, 0.6) is 0 Å². The van der Waals surface area contributed by atoms with E-state index in [9.17, 15) is 4.79 Å². The molecule has 6 nitrogen and oxygen atoms in total. The van der Waals surface area contributed by atoms with Gasteiger partial charge in [0.05, 0.1) is 5.60 Å². The molecule has 2 aliphatic rings. The van der Waals surface area contributed by atoms with E-state index in [0.717, 1.165) is 32.3 Å². The van der Waals surface area contributed by atoms with Gasteiger partial charge in [-0.15, -0.1) is 6.58 Å². The predicted octanol–water partition coefficient (Wildman–Crippen LogP) is 1.29. The first-order valence-electron chi connectivity index (χ1n) is 8.54. The first-order chi connectivity index (χ1) is 11.0. The molecule has 1 saturated heterocycles. The Kier molecular flexibility index (Phi) is 6.45. The molecule has 1 spiro atoms. The number of carbonyl (C=O) groups is 1. The van der Waals surface area contributed by atoms with Crippen LogP contribution < -0.4 is 10.6 Å². The van der Waals surface area contributed by atoms with Crippen molar-refractivity contribution in [2.24, 2.45) is 4.99 Å². The van der Waals surface area contributed by atoms with Crippen molar-refractivity contribution in [3.05, 3.63) is 12.7 Å². The molecule has 23 heavy (non-hydrogen) atoms. The van der Waals surface area contributed by atoms with E-state index in [0.29, 0.717) is 18.5 Å². The Balaban J connectivity index is 1.94. The molecule has 1 aliphatic heterocycles. The molecule has 0 bridgehead atoms. The molecule has 130 valence electrons. The summed E-state index contributed by atoms with van der Waals surface area (Å²) in [4.78, 5) is 17.7. The molecule has 6 heteroatoms. The normalized spacial score (nSPS) is 23.6. The monoisotopic (exact) mass is 322 g/mol. The second-order valence-electron chi connectivity index (χ2n) is 6.70. The SMILES string of the molecule is C=CCNC(=NCC(=O)N(C)C)NC1CCOC2(CCCC2)C1. The maximum atomic E-state index is 11.7. The molecule has 2 N–H and O–H groups in total. The lowest BCUT2D eigenvalue weighted by Crippen LogP contribution is -2.50. The van der Waals surface area contributed by atoms with Gasteiger partial charge in [-0.05, 0) is 25.7 Å². The second-order valence-corrected chi connectivity index (χ2v) is 6.70. The minimum atomic E-state index is -0.0102. The van der Waals surface area contributed by atoms with Gasteiger partial charge < -0.3 is 20.3 Å². The highest BCUT2D eigenvalue weighted by Crippen LogP contribution is 2.39. The first kappa shape index (κ1) is 17.8. The fourth-order valence-corrected chi connectivity index (χ4v) is 3.32. The molecule has 2 fully saturated rings. The van der Waals surface area contributed by atoms with E-state index in [-0.39, 0.29) is 18.1 Å². The number of ether oxygens (including phenoxy) is 1. The van der Waals surface area contributed by atoms with Crippen LogP contribution in [0.15, 0.2) is 17.6 Å². The summed E-state index contributed by atoms with van der Waals surface area (Å²) in [5, 5.41) is 6.68. The average Bonchev–Trinajstić information content (AvgIpc) is 2.97. The number of carbonyl (C=O) groups excluding carboxylic acids is 1. The number of guanidine groups is 1. The number of aliphatic imine (C=N–C) groups is 1. The summed E-state index contributed by atoms with van der Waals surface area (Å²) < 4.78 is 6.07. The van der Waals surface area contributed by atoms with Crippen molar-refractivity contribution in [2.45, 2.75) is 50.2 Å². The molecule has 1 atom stereocenters. The van der Waals surface area contributed by atoms with Crippen LogP contribution in [0.2, 0.25) is 0 Å². The average molecular weight is 322 g/mol. The van der Waals surface area contributed by atoms with E-state index in [4.69, 9.17) is 4.74 Å². The molecule has 1 heterocycles. The molecule has 0 aromatic carbocycles. The smallest absolute Gasteiger partial charge is 0.243 e. The van der Waals surface area contributed by atoms with Crippen LogP contribution in [0.4, 0.5) is 0 Å². The molecule has 1 saturated carbocycles. The fraction of sp³-hybridized carbons (Fsp3) is 0.765. The summed E-state index contributed by atoms with van der Waals surface area (Å²) in [5.74, 6) is 0.670. The molecule has 1 amide bonds. The van der Waals surface area contributed by atoms with Crippen molar-refractivity contribution < 1.29 is 9.53 Å². The maximum absolute atomic E-state index is 11.7. The van der Waals surface area contributed by atoms with E-state index >= 15 is 0 Å². The van der Waals surface area contributed by atoms with Crippen LogP contribution in [-0.2, 0) is 9.53 Å². The molecule has 0 aromatic heterocycles. The first-order valence-corrected chi connectivity index (χ1v) is 8.54. The Labute approximate surface area is 139 Å². The molecule has 2 rings (SSSR count). The highest BCUT2D eigenvalue weighted by Gasteiger charge is 2.40. The number of amides is 1. The van der Waals surface area contributed by atoms with Gasteiger partial charge in [0, 0.05) is 33.3 Å². The zero-order valence-corrected chi connectivity index (χ0v) is 14.4. The molecule has 0 radical (unpaired) electrons. The number of nitrogens with one attached hydrogen (secondary N) is 2. The summed E-state index contributed by atoms with van der Waals surface area (Å²) in [6.07, 6.45) is 8.63. The lowest BCUT2D eigenvalue weighted by atomic mass is 9.89. The fourth-order valence-electron chi connectivity index (χ4n) is 3.32. The maximum Gasteiger partial charge on any atom is 0.243 e. The van der Waals surface area contributed by atoms with Crippen molar-refractivity contribution in [3.8, 4) is 0 Å². The van der Waals surface area contributed by atoms with Gasteiger partial charge >= 0.3 is 0 Å². The summed E-state index contributed by atoms with van der Waals surface area (Å²) in [6.45, 7) is 5.28. The number of hydrogen-bond donors (Lipinski definition) is 2. The second kappa shape index (κ2) is 8.34. The Bertz CT molecular complexity index is 442. The quantitative estimate of drug-likeness (QED) is 0.455. The van der Waals surface area contributed by atoms with Gasteiger partial charge in [0.15, 0.2) is 5.96 Å². The standard InChI is InChI=1S/C17H30N4O2/c1-4-10-18-16(19-13-15(22)21(2)3)20-14-7-11-23-17(12-14)8-5-6-9-17/h4,14H,1,5-13H2,2-3H3,(H2,18,19,20). The molecule has 1 aliphatic carbocycles. The largest absolute Gasteiger partial charge is 0.375 e. The van der Waals surface area contributed by atoms with Gasteiger partial charge in [0.1, 0.15) is 6.54 Å². The molecule has 0 aromatic rings. The lowest BCUT2D eigenvalue weighted by molar-refractivity contribution is -0.127. The van der Waals surface area contributed by atoms with E-state index in [1.807, 2.05) is 0 Å². The van der Waals surface area contributed by atoms with Crippen LogP contribution >= 0.6 is 0 Å². The van der Waals surface area contributed by atoms with Crippen LogP contribution in [0.3, 0.4) is 0 Å². The van der Waals surface area contributed by atoms with Crippen LogP contribution in [0.1, 0.15) is 38.5 Å². The van der Waals surface area contributed by atoms with Crippen molar-refractivity contribution in [1.82, 2.24) is 15.5 Å². The number of rotatable bonds is 5. The number of hydrogen-bond acceptors (Lipinski definition) is 3. The highest BCUT2D eigenvalue weighted by atomic mass is 16.5. The zero-order chi connectivity index (χ0) is 16.7. The van der Waals surface area contributed by atoms with Crippen LogP contribution in [0.25, 0.3) is 0 Å². The summed E-state index contributed by atoms with van der Waals surface area (Å²) in [6, 6.07) is 0.340. The van der Waals surface area contributed by atoms with E-state index < -0.39 is 0 Å². The molecular weight excluding hydrogens is 292 g/mol. The van der Waals surface area contributed by atoms with Crippen LogP contribution in [0, 0.1) is 0 Å². The van der Waals surface area contributed by atoms with E-state index in [1.54, 1.807) is 25.1 Å². The Morgan fingerprint density at radius 2 is 2.17 bits per heavy atom. The Morgan fingerprint density at radius 1 is 1.43 bits per heavy atom. The van der Waals surface area contributed by atoms with Gasteiger partial charge in [0.25, 0.3) is 0 Å². The Hall–Kier alpha value is -1.56. The van der Waals surface area contributed by atoms with Crippen molar-refractivity contribution in [2.75, 3.05) is 33.8 Å². The van der Waals surface area contributed by atoms with Crippen molar-refractivity contribution in [1.29, 1.82) is 0 Å². The van der Waals surface area contributed by atoms with Gasteiger partial charge in [-0.2, -0.15) is 0 Å². The third-order valence-corrected chi connectivity index (χ3v) is 4.63. The van der Waals surface area contributed by atoms with Crippen LogP contribution in [-0.4, -0.2) is 62.2 Å². The van der Waals surface area contributed by atoms with E-state index in [2.05, 4.69) is 22.2 Å². The van der Waals surface area contributed by atoms with Gasteiger partial charge in [-0.3, -0.25) is 4.79 Å². The highest BCUT2D eigenvalue weighted by molar-refractivity contribution is 5.85. The lowest BCUT2D eigenvalue weighted by Gasteiger charge is -2.39. The van der Waals surface area contributed by atoms with Gasteiger partial charge in [-0.1, -0.05) is 18.9 Å². The van der Waals surface area contributed by atoms with Crippen molar-refractivity contribution >= 4 is 11.9 Å². The topological polar surface area (TPSA) is 66.0 Å². The molecular formula is C17H30N4O2. The third-order valence-electron chi connectivity index (χ3n) is 4.63. The number of likely N-dealkylation sites (N-methyl/N-ethyl adjacent to an activating group) is 1.